The molecule has 1 aromatic rings. The number of carbonyl (C=O) groups excluding carboxylic acids is 1. The molecule has 20 heavy (non-hydrogen) atoms. The van der Waals surface area contributed by atoms with Crippen LogP contribution in [0.25, 0.3) is 0 Å². The van der Waals surface area contributed by atoms with Crippen LogP contribution >= 0.6 is 0 Å². The lowest BCUT2D eigenvalue weighted by molar-refractivity contribution is -0.120. The lowest BCUT2D eigenvalue weighted by atomic mass is 9.97. The molecular weight excluding hydrogens is 254 g/mol. The lowest BCUT2D eigenvalue weighted by Gasteiger charge is -2.15. The van der Waals surface area contributed by atoms with Crippen LogP contribution in [-0.2, 0) is 4.79 Å². The third-order valence-electron chi connectivity index (χ3n) is 3.37. The molecular formula is C16H23NO3. The summed E-state index contributed by atoms with van der Waals surface area (Å²) in [5, 5.41) is 11.9. The SMILES string of the molecule is CCCC(CCC)C(=O)Nc1ccc(C(=O)O)c(C)c1. The van der Waals surface area contributed by atoms with Crippen LogP contribution in [0.15, 0.2) is 18.2 Å². The van der Waals surface area contributed by atoms with Gasteiger partial charge in [0, 0.05) is 11.6 Å². The van der Waals surface area contributed by atoms with Crippen molar-refractivity contribution in [3.8, 4) is 0 Å². The molecule has 1 rings (SSSR count). The summed E-state index contributed by atoms with van der Waals surface area (Å²) in [5.41, 5.74) is 1.58. The Bertz CT molecular complexity index is 477. The van der Waals surface area contributed by atoms with Crippen LogP contribution in [0.2, 0.25) is 0 Å². The van der Waals surface area contributed by atoms with E-state index < -0.39 is 5.97 Å². The standard InChI is InChI=1S/C16H23NO3/c1-4-6-12(7-5-2)15(18)17-13-8-9-14(16(19)20)11(3)10-13/h8-10,12H,4-7H2,1-3H3,(H,17,18)(H,19,20). The highest BCUT2D eigenvalue weighted by molar-refractivity contribution is 5.94. The fourth-order valence-corrected chi connectivity index (χ4v) is 2.33. The summed E-state index contributed by atoms with van der Waals surface area (Å²) in [6.07, 6.45) is 3.72. The summed E-state index contributed by atoms with van der Waals surface area (Å²) in [4.78, 5) is 23.1. The Morgan fingerprint density at radius 1 is 1.20 bits per heavy atom. The molecule has 110 valence electrons. The van der Waals surface area contributed by atoms with E-state index in [0.717, 1.165) is 25.7 Å². The van der Waals surface area contributed by atoms with Crippen molar-refractivity contribution in [2.24, 2.45) is 5.92 Å². The minimum atomic E-state index is -0.949. The second-order valence-electron chi connectivity index (χ2n) is 5.10. The number of amides is 1. The van der Waals surface area contributed by atoms with Crippen molar-refractivity contribution in [3.05, 3.63) is 29.3 Å². The summed E-state index contributed by atoms with van der Waals surface area (Å²) in [5.74, 6) is -0.893. The Morgan fingerprint density at radius 2 is 1.80 bits per heavy atom. The Morgan fingerprint density at radius 3 is 2.25 bits per heavy atom. The molecule has 0 radical (unpaired) electrons. The molecule has 0 fully saturated rings. The van der Waals surface area contributed by atoms with Crippen molar-refractivity contribution in [1.29, 1.82) is 0 Å². The maximum absolute atomic E-state index is 12.2. The first-order valence-electron chi connectivity index (χ1n) is 7.14. The van der Waals surface area contributed by atoms with Gasteiger partial charge in [-0.3, -0.25) is 4.79 Å². The number of benzene rings is 1. The highest BCUT2D eigenvalue weighted by Crippen LogP contribution is 2.19. The van der Waals surface area contributed by atoms with Crippen molar-refractivity contribution in [2.45, 2.75) is 46.5 Å². The van der Waals surface area contributed by atoms with E-state index in [2.05, 4.69) is 19.2 Å². The van der Waals surface area contributed by atoms with Gasteiger partial charge in [0.05, 0.1) is 5.56 Å². The molecule has 0 unspecified atom stereocenters. The molecule has 0 aliphatic carbocycles. The molecule has 0 atom stereocenters. The van der Waals surface area contributed by atoms with Gasteiger partial charge in [0.15, 0.2) is 0 Å². The zero-order chi connectivity index (χ0) is 15.1. The van der Waals surface area contributed by atoms with Crippen LogP contribution in [-0.4, -0.2) is 17.0 Å². The summed E-state index contributed by atoms with van der Waals surface area (Å²) < 4.78 is 0. The Labute approximate surface area is 120 Å². The van der Waals surface area contributed by atoms with Gasteiger partial charge in [-0.2, -0.15) is 0 Å². The number of nitrogens with one attached hydrogen (secondary N) is 1. The first-order valence-corrected chi connectivity index (χ1v) is 7.14. The molecule has 0 aliphatic heterocycles. The molecule has 4 nitrogen and oxygen atoms in total. The monoisotopic (exact) mass is 277 g/mol. The number of carboxylic acid groups (broad SMARTS) is 1. The number of hydrogen-bond donors (Lipinski definition) is 2. The Kier molecular flexibility index (Phi) is 6.22. The molecule has 0 spiro atoms. The van der Waals surface area contributed by atoms with Crippen LogP contribution in [0, 0.1) is 12.8 Å². The molecule has 0 bridgehead atoms. The van der Waals surface area contributed by atoms with Gasteiger partial charge in [0.1, 0.15) is 0 Å². The highest BCUT2D eigenvalue weighted by Gasteiger charge is 2.17. The third-order valence-corrected chi connectivity index (χ3v) is 3.37. The normalized spacial score (nSPS) is 10.6. The second-order valence-corrected chi connectivity index (χ2v) is 5.10. The first kappa shape index (κ1) is 16.2. The van der Waals surface area contributed by atoms with Gasteiger partial charge in [-0.15, -0.1) is 0 Å². The zero-order valence-corrected chi connectivity index (χ0v) is 12.4. The third kappa shape index (κ3) is 4.37. The number of carboxylic acids is 1. The average molecular weight is 277 g/mol. The fourth-order valence-electron chi connectivity index (χ4n) is 2.33. The number of anilines is 1. The van der Waals surface area contributed by atoms with Crippen molar-refractivity contribution in [3.63, 3.8) is 0 Å². The van der Waals surface area contributed by atoms with Crippen molar-refractivity contribution in [1.82, 2.24) is 0 Å². The van der Waals surface area contributed by atoms with Gasteiger partial charge >= 0.3 is 5.97 Å². The number of aromatic carboxylic acids is 1. The van der Waals surface area contributed by atoms with E-state index in [9.17, 15) is 9.59 Å². The predicted molar refractivity (Wildman–Crippen MR) is 80.1 cm³/mol. The number of rotatable bonds is 7. The van der Waals surface area contributed by atoms with Crippen molar-refractivity contribution >= 4 is 17.6 Å². The maximum Gasteiger partial charge on any atom is 0.335 e. The van der Waals surface area contributed by atoms with Crippen molar-refractivity contribution in [2.75, 3.05) is 5.32 Å². The van der Waals surface area contributed by atoms with Gasteiger partial charge in [-0.25, -0.2) is 4.79 Å². The van der Waals surface area contributed by atoms with E-state index in [1.54, 1.807) is 19.1 Å². The van der Waals surface area contributed by atoms with Crippen LogP contribution in [0.5, 0.6) is 0 Å². The van der Waals surface area contributed by atoms with E-state index >= 15 is 0 Å². The summed E-state index contributed by atoms with van der Waals surface area (Å²) in [7, 11) is 0. The molecule has 0 aromatic heterocycles. The number of carbonyl (C=O) groups is 2. The van der Waals surface area contributed by atoms with E-state index in [0.29, 0.717) is 11.3 Å². The van der Waals surface area contributed by atoms with Crippen molar-refractivity contribution < 1.29 is 14.7 Å². The minimum Gasteiger partial charge on any atom is -0.478 e. The molecule has 1 amide bonds. The highest BCUT2D eigenvalue weighted by atomic mass is 16.4. The molecule has 0 saturated heterocycles. The topological polar surface area (TPSA) is 66.4 Å². The number of hydrogen-bond acceptors (Lipinski definition) is 2. The second kappa shape index (κ2) is 7.68. The quantitative estimate of drug-likeness (QED) is 0.795. The fraction of sp³-hybridized carbons (Fsp3) is 0.500. The minimum absolute atomic E-state index is 0.0242. The van der Waals surface area contributed by atoms with Crippen LogP contribution in [0.3, 0.4) is 0 Å². The van der Waals surface area contributed by atoms with E-state index in [1.165, 1.54) is 6.07 Å². The average Bonchev–Trinajstić information content (AvgIpc) is 2.38. The van der Waals surface area contributed by atoms with Gasteiger partial charge < -0.3 is 10.4 Å². The van der Waals surface area contributed by atoms with Gasteiger partial charge in [0.2, 0.25) is 5.91 Å². The number of aryl methyl sites for hydroxylation is 1. The Hall–Kier alpha value is -1.84. The van der Waals surface area contributed by atoms with E-state index in [1.807, 2.05) is 0 Å². The van der Waals surface area contributed by atoms with Gasteiger partial charge in [-0.1, -0.05) is 26.7 Å². The molecule has 4 heteroatoms. The molecule has 2 N–H and O–H groups in total. The molecule has 1 aromatic carbocycles. The summed E-state index contributed by atoms with van der Waals surface area (Å²) in [6, 6.07) is 4.88. The van der Waals surface area contributed by atoms with Gasteiger partial charge in [0.25, 0.3) is 0 Å². The van der Waals surface area contributed by atoms with E-state index in [-0.39, 0.29) is 17.4 Å². The Balaban J connectivity index is 2.79. The van der Waals surface area contributed by atoms with Crippen LogP contribution < -0.4 is 5.32 Å². The largest absolute Gasteiger partial charge is 0.478 e. The van der Waals surface area contributed by atoms with E-state index in [4.69, 9.17) is 5.11 Å². The van der Waals surface area contributed by atoms with Gasteiger partial charge in [-0.05, 0) is 43.5 Å². The van der Waals surface area contributed by atoms with Crippen LogP contribution in [0.1, 0.15) is 55.5 Å². The zero-order valence-electron chi connectivity index (χ0n) is 12.4. The smallest absolute Gasteiger partial charge is 0.335 e. The first-order chi connectivity index (χ1) is 9.49. The molecule has 0 saturated carbocycles. The summed E-state index contributed by atoms with van der Waals surface area (Å²) in [6.45, 7) is 5.87. The molecule has 0 heterocycles. The van der Waals surface area contributed by atoms with Crippen LogP contribution in [0.4, 0.5) is 5.69 Å². The lowest BCUT2D eigenvalue weighted by Crippen LogP contribution is -2.22. The maximum atomic E-state index is 12.2. The summed E-state index contributed by atoms with van der Waals surface area (Å²) >= 11 is 0. The molecule has 0 aliphatic rings. The predicted octanol–water partition coefficient (Wildman–Crippen LogP) is 3.85.